The second kappa shape index (κ2) is 4.36. The summed E-state index contributed by atoms with van der Waals surface area (Å²) in [4.78, 5) is 3.14. The first-order valence-corrected chi connectivity index (χ1v) is 3.46. The Morgan fingerprint density at radius 3 is 2.11 bits per heavy atom. The van der Waals surface area contributed by atoms with Gasteiger partial charge in [-0.3, -0.25) is 10.3 Å². The van der Waals surface area contributed by atoms with Crippen molar-refractivity contribution in [2.75, 3.05) is 0 Å². The highest BCUT2D eigenvalue weighted by Gasteiger charge is 1.91. The molecule has 2 heteroatoms. The Hall–Kier alpha value is -0.530. The molecule has 0 bridgehead atoms. The minimum absolute atomic E-state index is 0.524. The van der Waals surface area contributed by atoms with E-state index in [1.807, 2.05) is 6.34 Å². The summed E-state index contributed by atoms with van der Waals surface area (Å²) in [6, 6.07) is 1.05. The van der Waals surface area contributed by atoms with Gasteiger partial charge in [0.15, 0.2) is 0 Å². The third kappa shape index (κ3) is 7.47. The van der Waals surface area contributed by atoms with Crippen molar-refractivity contribution in [3.05, 3.63) is 0 Å². The monoisotopic (exact) mass is 129 g/mol. The van der Waals surface area contributed by atoms with Gasteiger partial charge in [0, 0.05) is 0 Å². The quantitative estimate of drug-likeness (QED) is 0.390. The standard InChI is InChI=1S/C7H16N2/c1-6(2)8-5-9-7(3)4/h5-7H,1-4H3,(H,8,9)/p+1. The minimum atomic E-state index is 0.524. The van der Waals surface area contributed by atoms with E-state index in [4.69, 9.17) is 0 Å². The van der Waals surface area contributed by atoms with Crippen LogP contribution < -0.4 is 10.3 Å². The summed E-state index contributed by atoms with van der Waals surface area (Å²) < 4.78 is 0. The van der Waals surface area contributed by atoms with Gasteiger partial charge in [-0.2, -0.15) is 0 Å². The Morgan fingerprint density at radius 1 is 1.22 bits per heavy atom. The van der Waals surface area contributed by atoms with Gasteiger partial charge in [0.25, 0.3) is 0 Å². The molecule has 0 fully saturated rings. The molecular formula is C7H17N2+. The number of hydrogen-bond acceptors (Lipinski definition) is 0. The SMILES string of the molecule is CC(C)NC=[NH+]C(C)C. The summed E-state index contributed by atoms with van der Waals surface area (Å²) in [5.74, 6) is 0. The van der Waals surface area contributed by atoms with E-state index in [1.165, 1.54) is 0 Å². The van der Waals surface area contributed by atoms with Crippen molar-refractivity contribution < 1.29 is 4.99 Å². The van der Waals surface area contributed by atoms with Crippen molar-refractivity contribution in [1.82, 2.24) is 5.32 Å². The summed E-state index contributed by atoms with van der Waals surface area (Å²) in [6.45, 7) is 8.44. The van der Waals surface area contributed by atoms with Crippen molar-refractivity contribution in [1.29, 1.82) is 0 Å². The molecule has 2 nitrogen and oxygen atoms in total. The van der Waals surface area contributed by atoms with Gasteiger partial charge in [0.05, 0.1) is 12.1 Å². The van der Waals surface area contributed by atoms with Gasteiger partial charge in [-0.05, 0) is 27.7 Å². The second-order valence-corrected chi connectivity index (χ2v) is 2.79. The van der Waals surface area contributed by atoms with Gasteiger partial charge < -0.3 is 0 Å². The summed E-state index contributed by atoms with van der Waals surface area (Å²) in [6.07, 6.45) is 1.90. The molecular weight excluding hydrogens is 112 g/mol. The largest absolute Gasteiger partial charge is 0.279 e. The topological polar surface area (TPSA) is 26.0 Å². The zero-order valence-electron chi connectivity index (χ0n) is 6.73. The van der Waals surface area contributed by atoms with E-state index in [0.717, 1.165) is 0 Å². The molecule has 0 aliphatic carbocycles. The van der Waals surface area contributed by atoms with E-state index in [1.54, 1.807) is 0 Å². The van der Waals surface area contributed by atoms with Crippen LogP contribution in [-0.2, 0) is 0 Å². The number of nitrogens with one attached hydrogen (secondary N) is 2. The fraction of sp³-hybridized carbons (Fsp3) is 0.857. The van der Waals surface area contributed by atoms with Crippen molar-refractivity contribution in [3.8, 4) is 0 Å². The van der Waals surface area contributed by atoms with E-state index in [0.29, 0.717) is 12.1 Å². The van der Waals surface area contributed by atoms with Crippen LogP contribution in [0.5, 0.6) is 0 Å². The summed E-state index contributed by atoms with van der Waals surface area (Å²) >= 11 is 0. The van der Waals surface area contributed by atoms with Crippen LogP contribution in [0.4, 0.5) is 0 Å². The molecule has 0 saturated heterocycles. The zero-order valence-corrected chi connectivity index (χ0v) is 6.73. The molecule has 0 amide bonds. The highest BCUT2D eigenvalue weighted by Crippen LogP contribution is 1.67. The zero-order chi connectivity index (χ0) is 7.28. The Balaban J connectivity index is 3.25. The lowest BCUT2D eigenvalue weighted by atomic mass is 10.4. The van der Waals surface area contributed by atoms with Crippen LogP contribution in [0, 0.1) is 0 Å². The maximum atomic E-state index is 3.14. The average Bonchev–Trinajstić information content (AvgIpc) is 1.63. The van der Waals surface area contributed by atoms with Gasteiger partial charge >= 0.3 is 0 Å². The van der Waals surface area contributed by atoms with Gasteiger partial charge in [-0.15, -0.1) is 0 Å². The van der Waals surface area contributed by atoms with E-state index >= 15 is 0 Å². The van der Waals surface area contributed by atoms with E-state index in [9.17, 15) is 0 Å². The van der Waals surface area contributed by atoms with Gasteiger partial charge in [-0.1, -0.05) is 0 Å². The maximum Gasteiger partial charge on any atom is 0.230 e. The Morgan fingerprint density at radius 2 is 1.78 bits per heavy atom. The normalized spacial score (nSPS) is 11.8. The van der Waals surface area contributed by atoms with Crippen LogP contribution >= 0.6 is 0 Å². The molecule has 0 saturated carbocycles. The number of hydrogen-bond donors (Lipinski definition) is 2. The van der Waals surface area contributed by atoms with Crippen molar-refractivity contribution in [2.24, 2.45) is 0 Å². The molecule has 0 atom stereocenters. The first-order valence-electron chi connectivity index (χ1n) is 3.46. The van der Waals surface area contributed by atoms with Gasteiger partial charge in [0.1, 0.15) is 0 Å². The molecule has 0 rings (SSSR count). The fourth-order valence-corrected chi connectivity index (χ4v) is 0.381. The van der Waals surface area contributed by atoms with Crippen molar-refractivity contribution >= 4 is 6.34 Å². The van der Waals surface area contributed by atoms with Crippen LogP contribution in [0.3, 0.4) is 0 Å². The molecule has 0 spiro atoms. The smallest absolute Gasteiger partial charge is 0.230 e. The van der Waals surface area contributed by atoms with Crippen LogP contribution in [0.1, 0.15) is 27.7 Å². The first-order chi connectivity index (χ1) is 4.13. The van der Waals surface area contributed by atoms with E-state index in [2.05, 4.69) is 38.0 Å². The maximum absolute atomic E-state index is 3.14. The van der Waals surface area contributed by atoms with Gasteiger partial charge in [-0.25, -0.2) is 0 Å². The van der Waals surface area contributed by atoms with Crippen LogP contribution in [0.25, 0.3) is 0 Å². The van der Waals surface area contributed by atoms with Crippen LogP contribution in [-0.4, -0.2) is 18.4 Å². The molecule has 0 aromatic carbocycles. The Labute approximate surface area is 57.4 Å². The molecule has 0 heterocycles. The molecule has 0 aliphatic heterocycles. The molecule has 9 heavy (non-hydrogen) atoms. The highest BCUT2D eigenvalue weighted by molar-refractivity contribution is 5.47. The number of rotatable bonds is 3. The third-order valence-corrected chi connectivity index (χ3v) is 0.833. The summed E-state index contributed by atoms with van der Waals surface area (Å²) in [5, 5.41) is 3.14. The molecule has 0 aromatic rings. The summed E-state index contributed by atoms with van der Waals surface area (Å²) in [7, 11) is 0. The average molecular weight is 129 g/mol. The minimum Gasteiger partial charge on any atom is -0.279 e. The predicted octanol–water partition coefficient (Wildman–Crippen LogP) is -0.498. The predicted molar refractivity (Wildman–Crippen MR) is 40.4 cm³/mol. The fourth-order valence-electron chi connectivity index (χ4n) is 0.381. The second-order valence-electron chi connectivity index (χ2n) is 2.79. The highest BCUT2D eigenvalue weighted by atomic mass is 15.0. The molecule has 0 unspecified atom stereocenters. The summed E-state index contributed by atoms with van der Waals surface area (Å²) in [5.41, 5.74) is 0. The van der Waals surface area contributed by atoms with Crippen molar-refractivity contribution in [3.63, 3.8) is 0 Å². The third-order valence-electron chi connectivity index (χ3n) is 0.833. The van der Waals surface area contributed by atoms with Crippen molar-refractivity contribution in [2.45, 2.75) is 39.8 Å². The molecule has 0 aliphatic rings. The molecule has 0 aromatic heterocycles. The Kier molecular flexibility index (Phi) is 4.10. The Bertz CT molecular complexity index is 84.9. The lowest BCUT2D eigenvalue weighted by Gasteiger charge is -1.96. The van der Waals surface area contributed by atoms with Crippen LogP contribution in [0.15, 0.2) is 0 Å². The van der Waals surface area contributed by atoms with Crippen LogP contribution in [0.2, 0.25) is 0 Å². The first kappa shape index (κ1) is 8.47. The molecule has 0 radical (unpaired) electrons. The molecule has 2 N–H and O–H groups in total. The van der Waals surface area contributed by atoms with E-state index in [-0.39, 0.29) is 0 Å². The van der Waals surface area contributed by atoms with E-state index < -0.39 is 0 Å². The molecule has 54 valence electrons. The van der Waals surface area contributed by atoms with Gasteiger partial charge in [0.2, 0.25) is 6.34 Å². The lowest BCUT2D eigenvalue weighted by molar-refractivity contribution is -0.490. The lowest BCUT2D eigenvalue weighted by Crippen LogP contribution is -2.76.